The van der Waals surface area contributed by atoms with E-state index in [1.165, 1.54) is 0 Å². The minimum atomic E-state index is 0.00523. The Kier molecular flexibility index (Phi) is 3.38. The van der Waals surface area contributed by atoms with Gasteiger partial charge in [-0.05, 0) is 18.9 Å². The summed E-state index contributed by atoms with van der Waals surface area (Å²) in [5, 5.41) is 0. The highest BCUT2D eigenvalue weighted by Crippen LogP contribution is 2.37. The van der Waals surface area contributed by atoms with Crippen molar-refractivity contribution in [2.45, 2.75) is 18.9 Å². The molecule has 1 fully saturated rings. The van der Waals surface area contributed by atoms with Gasteiger partial charge in [0.15, 0.2) is 0 Å². The Morgan fingerprint density at radius 3 is 2.94 bits per heavy atom. The number of carbonyl (C=O) groups excluding carboxylic acids is 1. The number of nitrogens with two attached hydrogens (primary N) is 1. The fraction of sp³-hybridized carbons (Fsp3) is 0.583. The van der Waals surface area contributed by atoms with Crippen LogP contribution in [0.4, 0.5) is 5.69 Å². The molecule has 0 radical (unpaired) electrons. The van der Waals surface area contributed by atoms with E-state index in [0.717, 1.165) is 12.8 Å². The van der Waals surface area contributed by atoms with Gasteiger partial charge in [0.25, 0.3) is 5.91 Å². The van der Waals surface area contributed by atoms with E-state index in [0.29, 0.717) is 30.6 Å². The van der Waals surface area contributed by atoms with E-state index in [-0.39, 0.29) is 5.91 Å². The molecule has 94 valence electrons. The minimum absolute atomic E-state index is 0.00523. The SMILES string of the molecule is COCCN(C)C(=O)c1cc(N)cn1C1CC1. The van der Waals surface area contributed by atoms with E-state index < -0.39 is 0 Å². The van der Waals surface area contributed by atoms with Gasteiger partial charge in [-0.2, -0.15) is 0 Å². The van der Waals surface area contributed by atoms with Crippen LogP contribution >= 0.6 is 0 Å². The number of aromatic nitrogens is 1. The Balaban J connectivity index is 2.12. The van der Waals surface area contributed by atoms with Crippen LogP contribution in [0.25, 0.3) is 0 Å². The van der Waals surface area contributed by atoms with Crippen LogP contribution in [0.5, 0.6) is 0 Å². The average molecular weight is 237 g/mol. The van der Waals surface area contributed by atoms with Gasteiger partial charge in [-0.15, -0.1) is 0 Å². The third-order valence-corrected chi connectivity index (χ3v) is 3.01. The normalized spacial score (nSPS) is 14.9. The molecule has 1 saturated carbocycles. The first-order valence-corrected chi connectivity index (χ1v) is 5.85. The van der Waals surface area contributed by atoms with Gasteiger partial charge in [0.05, 0.1) is 12.3 Å². The molecule has 1 aromatic heterocycles. The van der Waals surface area contributed by atoms with E-state index in [4.69, 9.17) is 10.5 Å². The lowest BCUT2D eigenvalue weighted by Gasteiger charge is -2.17. The van der Waals surface area contributed by atoms with E-state index in [1.54, 1.807) is 25.1 Å². The molecular weight excluding hydrogens is 218 g/mol. The number of hydrogen-bond donors (Lipinski definition) is 1. The second kappa shape index (κ2) is 4.79. The average Bonchev–Trinajstić information content (AvgIpc) is 3.08. The second-order valence-electron chi connectivity index (χ2n) is 4.52. The predicted octanol–water partition coefficient (Wildman–Crippen LogP) is 1.12. The van der Waals surface area contributed by atoms with Crippen LogP contribution in [0.2, 0.25) is 0 Å². The summed E-state index contributed by atoms with van der Waals surface area (Å²) in [6.45, 7) is 1.13. The first-order valence-electron chi connectivity index (χ1n) is 5.85. The van der Waals surface area contributed by atoms with Gasteiger partial charge in [-0.1, -0.05) is 0 Å². The zero-order valence-electron chi connectivity index (χ0n) is 10.3. The van der Waals surface area contributed by atoms with Crippen LogP contribution in [0, 0.1) is 0 Å². The van der Waals surface area contributed by atoms with Crippen molar-refractivity contribution in [1.29, 1.82) is 0 Å². The van der Waals surface area contributed by atoms with Gasteiger partial charge in [0.1, 0.15) is 5.69 Å². The molecule has 0 atom stereocenters. The number of anilines is 1. The monoisotopic (exact) mass is 237 g/mol. The first-order chi connectivity index (χ1) is 8.13. The molecule has 1 heterocycles. The lowest BCUT2D eigenvalue weighted by molar-refractivity contribution is 0.0733. The summed E-state index contributed by atoms with van der Waals surface area (Å²) >= 11 is 0. The molecule has 5 nitrogen and oxygen atoms in total. The molecule has 1 aliphatic rings. The quantitative estimate of drug-likeness (QED) is 0.835. The summed E-state index contributed by atoms with van der Waals surface area (Å²) in [6, 6.07) is 2.21. The number of carbonyl (C=O) groups is 1. The highest BCUT2D eigenvalue weighted by atomic mass is 16.5. The number of methoxy groups -OCH3 is 1. The van der Waals surface area contributed by atoms with Gasteiger partial charge in [-0.25, -0.2) is 0 Å². The number of ether oxygens (including phenoxy) is 1. The summed E-state index contributed by atoms with van der Waals surface area (Å²) in [5.41, 5.74) is 7.10. The van der Waals surface area contributed by atoms with Crippen LogP contribution in [0.3, 0.4) is 0 Å². The molecule has 1 amide bonds. The van der Waals surface area contributed by atoms with Crippen molar-refractivity contribution < 1.29 is 9.53 Å². The predicted molar refractivity (Wildman–Crippen MR) is 66.0 cm³/mol. The molecular formula is C12H19N3O2. The summed E-state index contributed by atoms with van der Waals surface area (Å²) in [7, 11) is 3.41. The Labute approximate surface area is 101 Å². The third-order valence-electron chi connectivity index (χ3n) is 3.01. The topological polar surface area (TPSA) is 60.5 Å². The minimum Gasteiger partial charge on any atom is -0.397 e. The molecule has 0 unspecified atom stereocenters. The molecule has 0 aliphatic heterocycles. The summed E-state index contributed by atoms with van der Waals surface area (Å²) in [4.78, 5) is 13.9. The molecule has 2 N–H and O–H groups in total. The van der Waals surface area contributed by atoms with Crippen molar-refractivity contribution in [3.63, 3.8) is 0 Å². The van der Waals surface area contributed by atoms with E-state index in [1.807, 2.05) is 10.8 Å². The van der Waals surface area contributed by atoms with Gasteiger partial charge in [0, 0.05) is 32.9 Å². The number of nitrogen functional groups attached to an aromatic ring is 1. The largest absolute Gasteiger partial charge is 0.397 e. The lowest BCUT2D eigenvalue weighted by atomic mass is 10.3. The number of rotatable bonds is 5. The van der Waals surface area contributed by atoms with Gasteiger partial charge < -0.3 is 19.9 Å². The number of likely N-dealkylation sites (N-methyl/N-ethyl adjacent to an activating group) is 1. The maximum atomic E-state index is 12.2. The standard InChI is InChI=1S/C12H19N3O2/c1-14(5-6-17-2)12(16)11-7-9(13)8-15(11)10-3-4-10/h7-8,10H,3-6,13H2,1-2H3. The Morgan fingerprint density at radius 2 is 2.35 bits per heavy atom. The molecule has 0 saturated heterocycles. The van der Waals surface area contributed by atoms with E-state index in [2.05, 4.69) is 0 Å². The maximum absolute atomic E-state index is 12.2. The van der Waals surface area contributed by atoms with E-state index >= 15 is 0 Å². The van der Waals surface area contributed by atoms with Crippen molar-refractivity contribution in [3.05, 3.63) is 18.0 Å². The van der Waals surface area contributed by atoms with Crippen LogP contribution in [-0.4, -0.2) is 42.7 Å². The Bertz CT molecular complexity index is 410. The molecule has 0 aromatic carbocycles. The van der Waals surface area contributed by atoms with Crippen LogP contribution in [0.1, 0.15) is 29.4 Å². The molecule has 0 spiro atoms. The summed E-state index contributed by atoms with van der Waals surface area (Å²) in [6.07, 6.45) is 4.13. The third kappa shape index (κ3) is 2.61. The van der Waals surface area contributed by atoms with Crippen LogP contribution in [0.15, 0.2) is 12.3 Å². The van der Waals surface area contributed by atoms with Gasteiger partial charge in [-0.3, -0.25) is 4.79 Å². The van der Waals surface area contributed by atoms with Crippen molar-refractivity contribution in [3.8, 4) is 0 Å². The van der Waals surface area contributed by atoms with Crippen LogP contribution in [-0.2, 0) is 4.74 Å². The smallest absolute Gasteiger partial charge is 0.270 e. The van der Waals surface area contributed by atoms with Crippen molar-refractivity contribution in [2.75, 3.05) is 33.0 Å². The molecule has 1 aliphatic carbocycles. The zero-order chi connectivity index (χ0) is 12.4. The molecule has 1 aromatic rings. The van der Waals surface area contributed by atoms with Gasteiger partial charge >= 0.3 is 0 Å². The fourth-order valence-electron chi connectivity index (χ4n) is 1.85. The zero-order valence-corrected chi connectivity index (χ0v) is 10.3. The lowest BCUT2D eigenvalue weighted by Crippen LogP contribution is -2.31. The van der Waals surface area contributed by atoms with Crippen molar-refractivity contribution >= 4 is 11.6 Å². The second-order valence-corrected chi connectivity index (χ2v) is 4.52. The van der Waals surface area contributed by atoms with Gasteiger partial charge in [0.2, 0.25) is 0 Å². The maximum Gasteiger partial charge on any atom is 0.270 e. The number of amides is 1. The van der Waals surface area contributed by atoms with E-state index in [9.17, 15) is 4.79 Å². The summed E-state index contributed by atoms with van der Waals surface area (Å²) in [5.74, 6) is 0.00523. The Hall–Kier alpha value is -1.49. The highest BCUT2D eigenvalue weighted by Gasteiger charge is 2.28. The molecule has 2 rings (SSSR count). The Morgan fingerprint density at radius 1 is 1.65 bits per heavy atom. The number of nitrogens with zero attached hydrogens (tertiary/aromatic N) is 2. The molecule has 17 heavy (non-hydrogen) atoms. The highest BCUT2D eigenvalue weighted by molar-refractivity contribution is 5.93. The summed E-state index contributed by atoms with van der Waals surface area (Å²) < 4.78 is 6.97. The first kappa shape index (κ1) is 12.0. The molecule has 0 bridgehead atoms. The van der Waals surface area contributed by atoms with Crippen molar-refractivity contribution in [2.24, 2.45) is 0 Å². The fourth-order valence-corrected chi connectivity index (χ4v) is 1.85. The molecule has 5 heteroatoms. The van der Waals surface area contributed by atoms with Crippen molar-refractivity contribution in [1.82, 2.24) is 9.47 Å². The van der Waals surface area contributed by atoms with Crippen LogP contribution < -0.4 is 5.73 Å². The number of hydrogen-bond acceptors (Lipinski definition) is 3.